The van der Waals surface area contributed by atoms with Gasteiger partial charge >= 0.3 is 0 Å². The van der Waals surface area contributed by atoms with Crippen molar-refractivity contribution in [2.45, 2.75) is 0 Å². The number of benzene rings is 6. The van der Waals surface area contributed by atoms with Gasteiger partial charge in [-0.25, -0.2) is 19.9 Å². The van der Waals surface area contributed by atoms with Crippen molar-refractivity contribution in [2.24, 2.45) is 9.98 Å². The van der Waals surface area contributed by atoms with Crippen LogP contribution in [-0.2, 0) is 0 Å². The van der Waals surface area contributed by atoms with E-state index in [9.17, 15) is 0 Å². The molecule has 9 rings (SSSR count). The first-order valence-corrected chi connectivity index (χ1v) is 15.6. The molecule has 0 radical (unpaired) electrons. The van der Waals surface area contributed by atoms with Gasteiger partial charge in [0.2, 0.25) is 0 Å². The Morgan fingerprint density at radius 3 is 1.60 bits per heavy atom. The second-order valence-corrected chi connectivity index (χ2v) is 11.5. The lowest BCUT2D eigenvalue weighted by molar-refractivity contribution is 1.05. The van der Waals surface area contributed by atoms with Crippen LogP contribution >= 0.6 is 0 Å². The molecule has 8 aromatic rings. The summed E-state index contributed by atoms with van der Waals surface area (Å²) in [5, 5.41) is 4.72. The number of nitrogens with zero attached hydrogens (tertiary/aromatic N) is 6. The quantitative estimate of drug-likeness (QED) is 0.187. The van der Waals surface area contributed by atoms with Gasteiger partial charge in [-0.05, 0) is 23.3 Å². The summed E-state index contributed by atoms with van der Waals surface area (Å²) in [4.78, 5) is 30.2. The standard InChI is InChI=1S/C41H26N6/c1-4-12-26(13-5-1)27-20-22-30(23-21-27)40-45-39(29-16-8-3-9-17-29)46-41(47-40)33-24-32-35(38-37(33)42-25-43-38)31-18-10-11-19-34(31)44-36(32)28-14-6-2-7-15-28/h1-24H,25H2. The highest BCUT2D eigenvalue weighted by Gasteiger charge is 2.21. The highest BCUT2D eigenvalue weighted by Crippen LogP contribution is 2.33. The number of aromatic nitrogens is 4. The molecule has 0 saturated heterocycles. The molecule has 0 unspecified atom stereocenters. The van der Waals surface area contributed by atoms with Crippen molar-refractivity contribution in [3.05, 3.63) is 156 Å². The lowest BCUT2D eigenvalue weighted by Gasteiger charge is -2.13. The van der Waals surface area contributed by atoms with E-state index in [1.807, 2.05) is 66.7 Å². The summed E-state index contributed by atoms with van der Waals surface area (Å²) >= 11 is 0. The van der Waals surface area contributed by atoms with Crippen LogP contribution in [0.2, 0.25) is 0 Å². The third-order valence-electron chi connectivity index (χ3n) is 8.60. The Bertz CT molecular complexity index is 2570. The smallest absolute Gasteiger partial charge is 0.166 e. The molecule has 0 N–H and O–H groups in total. The summed E-state index contributed by atoms with van der Waals surface area (Å²) in [5.41, 5.74) is 7.76. The highest BCUT2D eigenvalue weighted by atomic mass is 15.0. The van der Waals surface area contributed by atoms with Crippen LogP contribution in [-0.4, -0.2) is 26.6 Å². The molecule has 1 aliphatic heterocycles. The number of hydrogen-bond acceptors (Lipinski definition) is 6. The average molecular weight is 603 g/mol. The number of para-hydroxylation sites is 1. The molecule has 0 saturated carbocycles. The maximum Gasteiger partial charge on any atom is 0.166 e. The van der Waals surface area contributed by atoms with Gasteiger partial charge in [-0.15, -0.1) is 0 Å². The first kappa shape index (κ1) is 27.0. The fourth-order valence-corrected chi connectivity index (χ4v) is 6.34. The molecule has 47 heavy (non-hydrogen) atoms. The van der Waals surface area contributed by atoms with Gasteiger partial charge in [0.1, 0.15) is 6.67 Å². The van der Waals surface area contributed by atoms with E-state index in [-0.39, 0.29) is 0 Å². The predicted octanol–water partition coefficient (Wildman–Crippen LogP) is 8.12. The van der Waals surface area contributed by atoms with Gasteiger partial charge in [-0.3, -0.25) is 9.98 Å². The largest absolute Gasteiger partial charge is 0.259 e. The molecule has 6 heteroatoms. The third kappa shape index (κ3) is 4.75. The zero-order valence-electron chi connectivity index (χ0n) is 25.2. The van der Waals surface area contributed by atoms with Crippen LogP contribution < -0.4 is 10.7 Å². The Morgan fingerprint density at radius 1 is 0.383 bits per heavy atom. The fraction of sp³-hybridized carbons (Fsp3) is 0.0244. The minimum Gasteiger partial charge on any atom is -0.259 e. The molecule has 0 spiro atoms. The second-order valence-electron chi connectivity index (χ2n) is 11.5. The molecule has 6 nitrogen and oxygen atoms in total. The molecule has 6 aromatic carbocycles. The number of fused-ring (bicyclic) bond motifs is 5. The molecule has 2 aromatic heterocycles. The van der Waals surface area contributed by atoms with Gasteiger partial charge in [0.25, 0.3) is 0 Å². The first-order chi connectivity index (χ1) is 23.3. The van der Waals surface area contributed by atoms with Gasteiger partial charge in [0.05, 0.1) is 21.9 Å². The van der Waals surface area contributed by atoms with Crippen LogP contribution in [0.5, 0.6) is 0 Å². The molecular weight excluding hydrogens is 576 g/mol. The summed E-state index contributed by atoms with van der Waals surface area (Å²) < 4.78 is 0. The third-order valence-corrected chi connectivity index (χ3v) is 8.60. The number of rotatable bonds is 5. The Kier molecular flexibility index (Phi) is 6.42. The normalized spacial score (nSPS) is 12.1. The van der Waals surface area contributed by atoms with Crippen LogP contribution in [0.4, 0.5) is 0 Å². The summed E-state index contributed by atoms with van der Waals surface area (Å²) in [6, 6.07) is 49.4. The Hall–Kier alpha value is -6.40. The van der Waals surface area contributed by atoms with E-state index in [1.165, 1.54) is 0 Å². The molecule has 0 fully saturated rings. The van der Waals surface area contributed by atoms with Crippen LogP contribution in [0, 0.1) is 0 Å². The monoisotopic (exact) mass is 602 g/mol. The SMILES string of the molecule is c1ccc(-c2ccc(-c3nc(-c4ccccc4)nc(-c4cc5c(-c6ccccc6)nc6ccccc6c5c5c4=NCN=5)n3)cc2)cc1. The van der Waals surface area contributed by atoms with E-state index in [0.717, 1.165) is 71.5 Å². The topological polar surface area (TPSA) is 76.3 Å². The van der Waals surface area contributed by atoms with Crippen molar-refractivity contribution < 1.29 is 0 Å². The molecular formula is C41H26N6. The molecule has 0 aliphatic carbocycles. The molecule has 0 atom stereocenters. The average Bonchev–Trinajstić information content (AvgIpc) is 3.65. The lowest BCUT2D eigenvalue weighted by Crippen LogP contribution is -2.26. The molecule has 0 bridgehead atoms. The van der Waals surface area contributed by atoms with E-state index >= 15 is 0 Å². The maximum absolute atomic E-state index is 5.17. The Morgan fingerprint density at radius 2 is 0.894 bits per heavy atom. The predicted molar refractivity (Wildman–Crippen MR) is 187 cm³/mol. The lowest BCUT2D eigenvalue weighted by atomic mass is 9.96. The van der Waals surface area contributed by atoms with Crippen molar-refractivity contribution in [2.75, 3.05) is 6.67 Å². The minimum atomic E-state index is 0.350. The number of hydrogen-bond donors (Lipinski definition) is 0. The van der Waals surface area contributed by atoms with E-state index in [1.54, 1.807) is 0 Å². The van der Waals surface area contributed by atoms with Crippen molar-refractivity contribution in [1.82, 2.24) is 19.9 Å². The summed E-state index contributed by atoms with van der Waals surface area (Å²) in [5.74, 6) is 1.74. The van der Waals surface area contributed by atoms with Gasteiger partial charge < -0.3 is 0 Å². The highest BCUT2D eigenvalue weighted by molar-refractivity contribution is 6.11. The second kappa shape index (κ2) is 11.2. The van der Waals surface area contributed by atoms with Gasteiger partial charge in [-0.2, -0.15) is 0 Å². The fourth-order valence-electron chi connectivity index (χ4n) is 6.34. The van der Waals surface area contributed by atoms with E-state index in [4.69, 9.17) is 29.9 Å². The van der Waals surface area contributed by atoms with Crippen LogP contribution in [0.3, 0.4) is 0 Å². The van der Waals surface area contributed by atoms with Crippen LogP contribution in [0.25, 0.3) is 78.2 Å². The van der Waals surface area contributed by atoms with Gasteiger partial charge in [0.15, 0.2) is 17.5 Å². The van der Waals surface area contributed by atoms with Gasteiger partial charge in [-0.1, -0.05) is 133 Å². The summed E-state index contributed by atoms with van der Waals surface area (Å²) in [6.45, 7) is 0.350. The maximum atomic E-state index is 5.17. The van der Waals surface area contributed by atoms with Crippen LogP contribution in [0.15, 0.2) is 156 Å². The first-order valence-electron chi connectivity index (χ1n) is 15.6. The van der Waals surface area contributed by atoms with Crippen molar-refractivity contribution in [1.29, 1.82) is 0 Å². The van der Waals surface area contributed by atoms with E-state index < -0.39 is 0 Å². The Labute approximate surface area is 270 Å². The van der Waals surface area contributed by atoms with Crippen LogP contribution in [0.1, 0.15) is 0 Å². The van der Waals surface area contributed by atoms with E-state index in [2.05, 4.69) is 78.9 Å². The number of pyridine rings is 1. The zero-order chi connectivity index (χ0) is 31.2. The van der Waals surface area contributed by atoms with Crippen molar-refractivity contribution in [3.8, 4) is 56.5 Å². The molecule has 0 amide bonds. The molecule has 220 valence electrons. The Balaban J connectivity index is 1.31. The summed E-state index contributed by atoms with van der Waals surface area (Å²) in [7, 11) is 0. The molecule has 3 heterocycles. The van der Waals surface area contributed by atoms with Crippen molar-refractivity contribution >= 4 is 21.7 Å². The minimum absolute atomic E-state index is 0.350. The van der Waals surface area contributed by atoms with E-state index in [0.29, 0.717) is 24.1 Å². The van der Waals surface area contributed by atoms with Crippen molar-refractivity contribution in [3.63, 3.8) is 0 Å². The van der Waals surface area contributed by atoms with Gasteiger partial charge in [0, 0.05) is 38.4 Å². The summed E-state index contributed by atoms with van der Waals surface area (Å²) in [6.07, 6.45) is 0. The zero-order valence-corrected chi connectivity index (χ0v) is 25.2. The molecule has 1 aliphatic rings.